The topological polar surface area (TPSA) is 61.6 Å². The Morgan fingerprint density at radius 3 is 2.57 bits per heavy atom. The summed E-state index contributed by atoms with van der Waals surface area (Å²) in [5, 5.41) is 14.4. The summed E-state index contributed by atoms with van der Waals surface area (Å²) in [6.07, 6.45) is 3.46. The Balaban J connectivity index is 1.45. The van der Waals surface area contributed by atoms with Gasteiger partial charge in [-0.1, -0.05) is 0 Å². The molecule has 2 aliphatic rings. The highest BCUT2D eigenvalue weighted by atomic mass is 16.3. The molecule has 1 saturated carbocycles. The van der Waals surface area contributed by atoms with Crippen molar-refractivity contribution < 1.29 is 9.90 Å². The predicted octanol–water partition coefficient (Wildman–Crippen LogP) is 0.948. The normalized spacial score (nSPS) is 26.0. The molecule has 3 rings (SSSR count). The van der Waals surface area contributed by atoms with E-state index in [0.29, 0.717) is 19.0 Å². The van der Waals surface area contributed by atoms with Gasteiger partial charge in [0.2, 0.25) is 5.91 Å². The van der Waals surface area contributed by atoms with E-state index in [2.05, 4.69) is 10.00 Å². The third kappa shape index (κ3) is 3.75. The third-order valence-corrected chi connectivity index (χ3v) is 5.22. The molecule has 6 nitrogen and oxygen atoms in total. The lowest BCUT2D eigenvalue weighted by atomic mass is 10.1. The molecule has 1 aliphatic carbocycles. The van der Waals surface area contributed by atoms with E-state index in [-0.39, 0.29) is 12.0 Å². The van der Waals surface area contributed by atoms with Crippen LogP contribution in [0, 0.1) is 13.8 Å². The molecule has 0 bridgehead atoms. The molecule has 2 fully saturated rings. The van der Waals surface area contributed by atoms with Crippen LogP contribution in [0.25, 0.3) is 0 Å². The van der Waals surface area contributed by atoms with Gasteiger partial charge < -0.3 is 10.0 Å². The molecule has 128 valence electrons. The van der Waals surface area contributed by atoms with Crippen molar-refractivity contribution in [2.75, 3.05) is 26.2 Å². The first-order valence-corrected chi connectivity index (χ1v) is 8.75. The molecule has 23 heavy (non-hydrogen) atoms. The molecule has 2 heterocycles. The Morgan fingerprint density at radius 1 is 1.26 bits per heavy atom. The van der Waals surface area contributed by atoms with E-state index < -0.39 is 0 Å². The molecule has 0 radical (unpaired) electrons. The van der Waals surface area contributed by atoms with Crippen molar-refractivity contribution in [3.8, 4) is 0 Å². The molecule has 1 N–H and O–H groups in total. The number of hydrogen-bond acceptors (Lipinski definition) is 4. The second kappa shape index (κ2) is 7.01. The van der Waals surface area contributed by atoms with Crippen LogP contribution in [0.5, 0.6) is 0 Å². The Hall–Kier alpha value is -1.40. The summed E-state index contributed by atoms with van der Waals surface area (Å²) in [5.74, 6) is 0.212. The zero-order valence-electron chi connectivity index (χ0n) is 14.2. The van der Waals surface area contributed by atoms with Crippen molar-refractivity contribution in [3.05, 3.63) is 17.5 Å². The molecule has 6 heteroatoms. The standard InChI is InChI=1S/C17H28N4O2/c1-13-12-14(2)21(18-13)7-6-17(23)20-10-8-19(9-11-20)15-4-3-5-16(15)22/h12,15-16,22H,3-11H2,1-2H3. The Kier molecular flexibility index (Phi) is 5.02. The van der Waals surface area contributed by atoms with Crippen molar-refractivity contribution in [2.24, 2.45) is 0 Å². The molecule has 0 spiro atoms. The second-order valence-corrected chi connectivity index (χ2v) is 6.88. The van der Waals surface area contributed by atoms with Crippen molar-refractivity contribution in [1.82, 2.24) is 19.6 Å². The molecule has 0 aromatic carbocycles. The van der Waals surface area contributed by atoms with Crippen molar-refractivity contribution in [2.45, 2.75) is 58.2 Å². The fraction of sp³-hybridized carbons (Fsp3) is 0.765. The van der Waals surface area contributed by atoms with Gasteiger partial charge in [0.1, 0.15) is 0 Å². The van der Waals surface area contributed by atoms with Crippen LogP contribution in [-0.4, -0.2) is 68.9 Å². The van der Waals surface area contributed by atoms with Crippen LogP contribution in [0.1, 0.15) is 37.1 Å². The van der Waals surface area contributed by atoms with Gasteiger partial charge in [0.15, 0.2) is 0 Å². The largest absolute Gasteiger partial charge is 0.391 e. The molecular weight excluding hydrogens is 292 g/mol. The summed E-state index contributed by atoms with van der Waals surface area (Å²) in [4.78, 5) is 16.7. The van der Waals surface area contributed by atoms with Gasteiger partial charge in [0, 0.05) is 50.9 Å². The Bertz CT molecular complexity index is 549. The number of carbonyl (C=O) groups excluding carboxylic acids is 1. The van der Waals surface area contributed by atoms with E-state index in [0.717, 1.165) is 56.8 Å². The number of aliphatic hydroxyl groups excluding tert-OH is 1. The van der Waals surface area contributed by atoms with Crippen LogP contribution >= 0.6 is 0 Å². The molecule has 1 aromatic heterocycles. The number of aromatic nitrogens is 2. The van der Waals surface area contributed by atoms with E-state index in [4.69, 9.17) is 0 Å². The van der Waals surface area contributed by atoms with Gasteiger partial charge in [-0.25, -0.2) is 0 Å². The van der Waals surface area contributed by atoms with Gasteiger partial charge in [-0.2, -0.15) is 5.10 Å². The average Bonchev–Trinajstić information content (AvgIpc) is 3.10. The minimum atomic E-state index is -0.178. The van der Waals surface area contributed by atoms with Crippen molar-refractivity contribution >= 4 is 5.91 Å². The molecule has 2 unspecified atom stereocenters. The number of aliphatic hydroxyl groups is 1. The van der Waals surface area contributed by atoms with Crippen LogP contribution < -0.4 is 0 Å². The lowest BCUT2D eigenvalue weighted by molar-refractivity contribution is -0.133. The van der Waals surface area contributed by atoms with Crippen LogP contribution in [0.4, 0.5) is 0 Å². The Morgan fingerprint density at radius 2 is 2.00 bits per heavy atom. The van der Waals surface area contributed by atoms with Gasteiger partial charge >= 0.3 is 0 Å². The van der Waals surface area contributed by atoms with E-state index in [1.165, 1.54) is 0 Å². The predicted molar refractivity (Wildman–Crippen MR) is 88.1 cm³/mol. The highest BCUT2D eigenvalue weighted by Crippen LogP contribution is 2.25. The molecule has 1 amide bonds. The van der Waals surface area contributed by atoms with E-state index in [9.17, 15) is 9.90 Å². The zero-order valence-corrected chi connectivity index (χ0v) is 14.2. The number of carbonyl (C=O) groups is 1. The number of hydrogen-bond donors (Lipinski definition) is 1. The lowest BCUT2D eigenvalue weighted by Gasteiger charge is -2.39. The number of rotatable bonds is 4. The highest BCUT2D eigenvalue weighted by Gasteiger charge is 2.33. The summed E-state index contributed by atoms with van der Waals surface area (Å²) in [6, 6.07) is 2.35. The maximum absolute atomic E-state index is 12.4. The molecule has 1 aliphatic heterocycles. The van der Waals surface area contributed by atoms with Crippen LogP contribution in [-0.2, 0) is 11.3 Å². The number of nitrogens with zero attached hydrogens (tertiary/aromatic N) is 4. The van der Waals surface area contributed by atoms with E-state index >= 15 is 0 Å². The summed E-state index contributed by atoms with van der Waals surface area (Å²) >= 11 is 0. The first-order chi connectivity index (χ1) is 11.0. The lowest BCUT2D eigenvalue weighted by Crippen LogP contribution is -2.53. The summed E-state index contributed by atoms with van der Waals surface area (Å²) in [7, 11) is 0. The van der Waals surface area contributed by atoms with E-state index in [1.54, 1.807) is 0 Å². The monoisotopic (exact) mass is 320 g/mol. The number of aryl methyl sites for hydroxylation is 3. The van der Waals surface area contributed by atoms with E-state index in [1.807, 2.05) is 29.5 Å². The average molecular weight is 320 g/mol. The SMILES string of the molecule is Cc1cc(C)n(CCC(=O)N2CCN(C3CCCC3O)CC2)n1. The minimum absolute atomic E-state index is 0.178. The maximum Gasteiger partial charge on any atom is 0.224 e. The van der Waals surface area contributed by atoms with Crippen LogP contribution in [0.2, 0.25) is 0 Å². The third-order valence-electron chi connectivity index (χ3n) is 5.22. The molecular formula is C17H28N4O2. The first kappa shape index (κ1) is 16.5. The number of piperazine rings is 1. The molecule has 1 aromatic rings. The van der Waals surface area contributed by atoms with Gasteiger partial charge in [0.25, 0.3) is 0 Å². The van der Waals surface area contributed by atoms with Gasteiger partial charge in [-0.15, -0.1) is 0 Å². The van der Waals surface area contributed by atoms with Crippen LogP contribution in [0.3, 0.4) is 0 Å². The van der Waals surface area contributed by atoms with Gasteiger partial charge in [-0.05, 0) is 39.2 Å². The summed E-state index contributed by atoms with van der Waals surface area (Å²) < 4.78 is 1.92. The van der Waals surface area contributed by atoms with Gasteiger partial charge in [0.05, 0.1) is 11.8 Å². The highest BCUT2D eigenvalue weighted by molar-refractivity contribution is 5.76. The van der Waals surface area contributed by atoms with Crippen LogP contribution in [0.15, 0.2) is 6.07 Å². The van der Waals surface area contributed by atoms with Crippen molar-refractivity contribution in [3.63, 3.8) is 0 Å². The smallest absolute Gasteiger partial charge is 0.224 e. The van der Waals surface area contributed by atoms with Crippen molar-refractivity contribution in [1.29, 1.82) is 0 Å². The summed E-state index contributed by atoms with van der Waals surface area (Å²) in [5.41, 5.74) is 2.11. The maximum atomic E-state index is 12.4. The molecule has 2 atom stereocenters. The zero-order chi connectivity index (χ0) is 16.4. The number of amides is 1. The minimum Gasteiger partial charge on any atom is -0.391 e. The fourth-order valence-electron chi connectivity index (χ4n) is 3.91. The van der Waals surface area contributed by atoms with Gasteiger partial charge in [-0.3, -0.25) is 14.4 Å². The Labute approximate surface area is 138 Å². The quantitative estimate of drug-likeness (QED) is 0.897. The first-order valence-electron chi connectivity index (χ1n) is 8.75. The fourth-order valence-corrected chi connectivity index (χ4v) is 3.91. The summed E-state index contributed by atoms with van der Waals surface area (Å²) in [6.45, 7) is 7.97. The second-order valence-electron chi connectivity index (χ2n) is 6.88. The molecule has 1 saturated heterocycles.